The Morgan fingerprint density at radius 1 is 1.43 bits per heavy atom. The summed E-state index contributed by atoms with van der Waals surface area (Å²) in [7, 11) is 2.08. The summed E-state index contributed by atoms with van der Waals surface area (Å²) in [6.07, 6.45) is 9.78. The number of hydrogen-bond acceptors (Lipinski definition) is 3. The predicted molar refractivity (Wildman–Crippen MR) is 86.2 cm³/mol. The van der Waals surface area contributed by atoms with Gasteiger partial charge in [0.1, 0.15) is 5.82 Å². The molecule has 1 aliphatic carbocycles. The molecule has 4 heteroatoms. The van der Waals surface area contributed by atoms with Crippen molar-refractivity contribution in [2.45, 2.75) is 64.5 Å². The van der Waals surface area contributed by atoms with Crippen LogP contribution in [0.5, 0.6) is 0 Å². The van der Waals surface area contributed by atoms with Crippen LogP contribution in [0.25, 0.3) is 0 Å². The van der Waals surface area contributed by atoms with E-state index in [1.54, 1.807) is 0 Å². The van der Waals surface area contributed by atoms with E-state index >= 15 is 0 Å². The lowest BCUT2D eigenvalue weighted by Gasteiger charge is -2.44. The molecule has 1 aromatic rings. The van der Waals surface area contributed by atoms with Gasteiger partial charge < -0.3 is 14.6 Å². The molecular formula is C17H31N3O. The summed E-state index contributed by atoms with van der Waals surface area (Å²) >= 11 is 0. The topological polar surface area (TPSA) is 39.1 Å². The van der Waals surface area contributed by atoms with Gasteiger partial charge in [-0.15, -0.1) is 0 Å². The normalized spacial score (nSPS) is 27.7. The van der Waals surface area contributed by atoms with Crippen LogP contribution in [0.2, 0.25) is 0 Å². The molecule has 0 radical (unpaired) electrons. The third-order valence-electron chi connectivity index (χ3n) is 4.79. The Hall–Kier alpha value is -0.870. The van der Waals surface area contributed by atoms with E-state index in [-0.39, 0.29) is 11.6 Å². The Balaban J connectivity index is 2.29. The molecule has 0 bridgehead atoms. The molecule has 4 nitrogen and oxygen atoms in total. The third-order valence-corrected chi connectivity index (χ3v) is 4.79. The number of imidazole rings is 1. The highest BCUT2D eigenvalue weighted by Crippen LogP contribution is 2.42. The molecule has 1 atom stereocenters. The van der Waals surface area contributed by atoms with E-state index in [0.29, 0.717) is 0 Å². The van der Waals surface area contributed by atoms with Gasteiger partial charge in [-0.2, -0.15) is 0 Å². The smallest absolute Gasteiger partial charge is 0.128 e. The van der Waals surface area contributed by atoms with Gasteiger partial charge >= 0.3 is 0 Å². The highest BCUT2D eigenvalue weighted by Gasteiger charge is 2.44. The van der Waals surface area contributed by atoms with Crippen LogP contribution in [0.15, 0.2) is 12.4 Å². The minimum Gasteiger partial charge on any atom is -0.373 e. The minimum absolute atomic E-state index is 0.102. The van der Waals surface area contributed by atoms with E-state index in [1.807, 2.05) is 12.4 Å². The molecule has 21 heavy (non-hydrogen) atoms. The van der Waals surface area contributed by atoms with Crippen LogP contribution in [0.3, 0.4) is 0 Å². The summed E-state index contributed by atoms with van der Waals surface area (Å²) in [6.45, 7) is 8.43. The van der Waals surface area contributed by atoms with Crippen molar-refractivity contribution in [3.8, 4) is 0 Å². The first-order valence-corrected chi connectivity index (χ1v) is 8.47. The minimum atomic E-state index is -0.102. The largest absolute Gasteiger partial charge is 0.373 e. The number of ether oxygens (including phenoxy) is 1. The zero-order valence-corrected chi connectivity index (χ0v) is 14.1. The Kier molecular flexibility index (Phi) is 5.82. The van der Waals surface area contributed by atoms with Gasteiger partial charge in [0, 0.05) is 26.0 Å². The van der Waals surface area contributed by atoms with Gasteiger partial charge in [0.2, 0.25) is 0 Å². The zero-order valence-electron chi connectivity index (χ0n) is 14.1. The molecule has 1 saturated carbocycles. The van der Waals surface area contributed by atoms with Crippen molar-refractivity contribution in [1.82, 2.24) is 14.9 Å². The molecule has 0 saturated heterocycles. The maximum Gasteiger partial charge on any atom is 0.128 e. The lowest BCUT2D eigenvalue weighted by atomic mass is 9.74. The van der Waals surface area contributed by atoms with E-state index in [1.165, 1.54) is 12.8 Å². The summed E-state index contributed by atoms with van der Waals surface area (Å²) in [5.41, 5.74) is -0.102. The van der Waals surface area contributed by atoms with Crippen LogP contribution in [0, 0.1) is 5.92 Å². The molecule has 0 aromatic carbocycles. The van der Waals surface area contributed by atoms with Crippen molar-refractivity contribution >= 4 is 0 Å². The maximum atomic E-state index is 6.34. The van der Waals surface area contributed by atoms with E-state index < -0.39 is 0 Å². The quantitative estimate of drug-likeness (QED) is 0.837. The van der Waals surface area contributed by atoms with Gasteiger partial charge in [0.25, 0.3) is 0 Å². The molecule has 1 fully saturated rings. The summed E-state index contributed by atoms with van der Waals surface area (Å²) in [6, 6.07) is 0.185. The fourth-order valence-electron chi connectivity index (χ4n) is 3.51. The second-order valence-corrected chi connectivity index (χ2v) is 6.46. The predicted octanol–water partition coefficient (Wildman–Crippen LogP) is 3.45. The van der Waals surface area contributed by atoms with E-state index in [9.17, 15) is 0 Å². The maximum absolute atomic E-state index is 6.34. The van der Waals surface area contributed by atoms with Crippen molar-refractivity contribution in [3.63, 3.8) is 0 Å². The number of nitrogens with one attached hydrogen (secondary N) is 1. The van der Waals surface area contributed by atoms with Crippen LogP contribution in [0.1, 0.15) is 64.7 Å². The average Bonchev–Trinajstić information content (AvgIpc) is 2.89. The molecule has 1 unspecified atom stereocenters. The number of hydrogen-bond donors (Lipinski definition) is 1. The van der Waals surface area contributed by atoms with Gasteiger partial charge in [-0.1, -0.05) is 13.8 Å². The monoisotopic (exact) mass is 293 g/mol. The molecule has 0 spiro atoms. The van der Waals surface area contributed by atoms with Gasteiger partial charge in [-0.05, 0) is 51.5 Å². The van der Waals surface area contributed by atoms with Gasteiger partial charge in [-0.25, -0.2) is 4.98 Å². The van der Waals surface area contributed by atoms with E-state index in [2.05, 4.69) is 42.7 Å². The molecule has 120 valence electrons. The Morgan fingerprint density at radius 2 is 2.14 bits per heavy atom. The third kappa shape index (κ3) is 3.67. The molecule has 1 heterocycles. The number of aromatic nitrogens is 2. The summed E-state index contributed by atoms with van der Waals surface area (Å²) < 4.78 is 8.47. The van der Waals surface area contributed by atoms with Gasteiger partial charge in [0.05, 0.1) is 11.6 Å². The summed E-state index contributed by atoms with van der Waals surface area (Å²) in [5.74, 6) is 1.92. The molecule has 1 aromatic heterocycles. The number of rotatable bonds is 7. The van der Waals surface area contributed by atoms with Crippen LogP contribution in [-0.2, 0) is 11.8 Å². The first kappa shape index (κ1) is 16.5. The van der Waals surface area contributed by atoms with Crippen LogP contribution in [0.4, 0.5) is 0 Å². The highest BCUT2D eigenvalue weighted by molar-refractivity contribution is 5.09. The van der Waals surface area contributed by atoms with E-state index in [0.717, 1.165) is 44.2 Å². The average molecular weight is 293 g/mol. The highest BCUT2D eigenvalue weighted by atomic mass is 16.5. The molecule has 1 aliphatic rings. The standard InChI is InChI=1S/C17H31N3O/c1-5-11-18-15(16-19-12-13-20(16)4)17(21-6-2)9-7-14(3)8-10-17/h12-15,18H,5-11H2,1-4H3. The fourth-order valence-corrected chi connectivity index (χ4v) is 3.51. The lowest BCUT2D eigenvalue weighted by Crippen LogP contribution is -2.49. The second-order valence-electron chi connectivity index (χ2n) is 6.46. The van der Waals surface area contributed by atoms with Crippen molar-refractivity contribution in [1.29, 1.82) is 0 Å². The summed E-state index contributed by atoms with van der Waals surface area (Å²) in [5, 5.41) is 3.71. The first-order valence-electron chi connectivity index (χ1n) is 8.47. The molecular weight excluding hydrogens is 262 g/mol. The van der Waals surface area contributed by atoms with Crippen molar-refractivity contribution in [2.75, 3.05) is 13.2 Å². The zero-order chi connectivity index (χ0) is 15.3. The Bertz CT molecular complexity index is 421. The molecule has 1 N–H and O–H groups in total. The fraction of sp³-hybridized carbons (Fsp3) is 0.824. The lowest BCUT2D eigenvalue weighted by molar-refractivity contribution is -0.0997. The van der Waals surface area contributed by atoms with Crippen molar-refractivity contribution < 1.29 is 4.74 Å². The van der Waals surface area contributed by atoms with Crippen molar-refractivity contribution in [2.24, 2.45) is 13.0 Å². The molecule has 2 rings (SSSR count). The van der Waals surface area contributed by atoms with Gasteiger partial charge in [0.15, 0.2) is 0 Å². The number of aryl methyl sites for hydroxylation is 1. The van der Waals surface area contributed by atoms with Crippen LogP contribution >= 0.6 is 0 Å². The Labute approximate surface area is 129 Å². The van der Waals surface area contributed by atoms with Crippen molar-refractivity contribution in [3.05, 3.63) is 18.2 Å². The van der Waals surface area contributed by atoms with Gasteiger partial charge in [-0.3, -0.25) is 0 Å². The van der Waals surface area contributed by atoms with E-state index in [4.69, 9.17) is 4.74 Å². The number of nitrogens with zero attached hydrogens (tertiary/aromatic N) is 2. The first-order chi connectivity index (χ1) is 10.1. The van der Waals surface area contributed by atoms with Crippen LogP contribution < -0.4 is 5.32 Å². The summed E-state index contributed by atoms with van der Waals surface area (Å²) in [4.78, 5) is 4.61. The second kappa shape index (κ2) is 7.41. The SMILES string of the molecule is CCCNC(c1nccn1C)C1(OCC)CCC(C)CC1. The molecule has 0 aliphatic heterocycles. The molecule has 0 amide bonds. The Morgan fingerprint density at radius 3 is 2.67 bits per heavy atom. The van der Waals surface area contributed by atoms with Crippen LogP contribution in [-0.4, -0.2) is 28.3 Å².